The minimum absolute atomic E-state index is 0.0180. The van der Waals surface area contributed by atoms with Crippen molar-refractivity contribution >= 4 is 28.3 Å². The summed E-state index contributed by atoms with van der Waals surface area (Å²) in [5.41, 5.74) is -0.217. The summed E-state index contributed by atoms with van der Waals surface area (Å²) < 4.78 is 30.3. The zero-order valence-corrected chi connectivity index (χ0v) is 19.2. The van der Waals surface area contributed by atoms with Crippen LogP contribution in [-0.4, -0.2) is 41.7 Å². The average Bonchev–Trinajstić information content (AvgIpc) is 3.52. The summed E-state index contributed by atoms with van der Waals surface area (Å²) in [6, 6.07) is 12.7. The van der Waals surface area contributed by atoms with Crippen LogP contribution in [0.3, 0.4) is 0 Å². The highest BCUT2D eigenvalue weighted by Gasteiger charge is 2.41. The van der Waals surface area contributed by atoms with E-state index in [0.717, 1.165) is 30.5 Å². The molecule has 3 aromatic rings. The van der Waals surface area contributed by atoms with Crippen LogP contribution in [0.1, 0.15) is 29.5 Å². The van der Waals surface area contributed by atoms with E-state index in [1.807, 2.05) is 23.1 Å². The minimum atomic E-state index is -1.72. The molecule has 1 fully saturated rings. The lowest BCUT2D eigenvalue weighted by Gasteiger charge is -2.36. The number of hydrogen-bond acceptors (Lipinski definition) is 6. The number of thiocarbonyl (C=S) groups is 1. The lowest BCUT2D eigenvalue weighted by molar-refractivity contribution is -0.00746. The van der Waals surface area contributed by atoms with Gasteiger partial charge in [0, 0.05) is 23.4 Å². The first-order chi connectivity index (χ1) is 15.9. The predicted octanol–water partition coefficient (Wildman–Crippen LogP) is 4.00. The minimum Gasteiger partial charge on any atom is -0.381 e. The van der Waals surface area contributed by atoms with Gasteiger partial charge >= 0.3 is 0 Å². The van der Waals surface area contributed by atoms with Crippen LogP contribution in [0.2, 0.25) is 0 Å². The molecule has 0 amide bonds. The van der Waals surface area contributed by atoms with Gasteiger partial charge in [-0.2, -0.15) is 10.4 Å². The number of benzene rings is 2. The first-order valence-electron chi connectivity index (χ1n) is 10.3. The van der Waals surface area contributed by atoms with Gasteiger partial charge in [-0.05, 0) is 36.6 Å². The third-order valence-electron chi connectivity index (χ3n) is 5.40. The highest BCUT2D eigenvalue weighted by molar-refractivity contribution is 8.22. The number of aromatic nitrogens is 3. The number of aliphatic hydroxyl groups is 1. The molecule has 0 bridgehead atoms. The second-order valence-corrected chi connectivity index (χ2v) is 9.58. The van der Waals surface area contributed by atoms with Gasteiger partial charge in [0.1, 0.15) is 34.2 Å². The molecule has 1 aromatic heterocycles. The highest BCUT2D eigenvalue weighted by Crippen LogP contribution is 2.36. The van der Waals surface area contributed by atoms with Gasteiger partial charge in [0.05, 0.1) is 24.7 Å². The summed E-state index contributed by atoms with van der Waals surface area (Å²) in [6.45, 7) is -0.0551. The summed E-state index contributed by atoms with van der Waals surface area (Å²) in [6.07, 6.45) is 4.59. The molecule has 33 heavy (non-hydrogen) atoms. The molecule has 6 nitrogen and oxygen atoms in total. The fraction of sp³-hybridized carbons (Fsp3) is 0.304. The van der Waals surface area contributed by atoms with Gasteiger partial charge in [-0.25, -0.2) is 18.4 Å². The van der Waals surface area contributed by atoms with E-state index in [1.165, 1.54) is 35.2 Å². The summed E-state index contributed by atoms with van der Waals surface area (Å²) >= 11 is 7.12. The van der Waals surface area contributed by atoms with Crippen LogP contribution in [0.15, 0.2) is 55.1 Å². The maximum atomic E-state index is 14.8. The van der Waals surface area contributed by atoms with E-state index in [1.54, 1.807) is 6.07 Å². The molecule has 1 saturated carbocycles. The number of rotatable bonds is 8. The lowest BCUT2D eigenvalue weighted by atomic mass is 9.92. The van der Waals surface area contributed by atoms with Crippen molar-refractivity contribution < 1.29 is 13.9 Å². The van der Waals surface area contributed by atoms with Crippen LogP contribution >= 0.6 is 24.0 Å². The van der Waals surface area contributed by atoms with Gasteiger partial charge in [-0.1, -0.05) is 42.2 Å². The molecule has 170 valence electrons. The molecule has 1 unspecified atom stereocenters. The fourth-order valence-corrected chi connectivity index (χ4v) is 4.88. The first-order valence-corrected chi connectivity index (χ1v) is 11.7. The van der Waals surface area contributed by atoms with Gasteiger partial charge in [-0.3, -0.25) is 0 Å². The average molecular weight is 486 g/mol. The molecule has 1 atom stereocenters. The third kappa shape index (κ3) is 5.74. The number of nitrogens with zero attached hydrogens (tertiary/aromatic N) is 5. The van der Waals surface area contributed by atoms with E-state index in [9.17, 15) is 13.9 Å². The van der Waals surface area contributed by atoms with Gasteiger partial charge in [0.25, 0.3) is 0 Å². The molecule has 10 heteroatoms. The maximum Gasteiger partial charge on any atom is 0.137 e. The molecule has 0 aliphatic heterocycles. The molecule has 1 aliphatic rings. The van der Waals surface area contributed by atoms with E-state index in [-0.39, 0.29) is 24.7 Å². The Kier molecular flexibility index (Phi) is 7.02. The van der Waals surface area contributed by atoms with Crippen molar-refractivity contribution in [2.24, 2.45) is 0 Å². The van der Waals surface area contributed by atoms with Crippen LogP contribution < -0.4 is 0 Å². The number of halogens is 2. The van der Waals surface area contributed by atoms with Crippen molar-refractivity contribution in [1.82, 2.24) is 19.7 Å². The van der Waals surface area contributed by atoms with Gasteiger partial charge in [-0.15, -0.1) is 0 Å². The monoisotopic (exact) mass is 485 g/mol. The number of nitriles is 1. The Bertz CT molecular complexity index is 1180. The molecule has 4 rings (SSSR count). The summed E-state index contributed by atoms with van der Waals surface area (Å²) in [5.74, 6) is -0.992. The normalized spacial score (nSPS) is 15.0. The Labute approximate surface area is 199 Å². The first kappa shape index (κ1) is 23.3. The molecule has 1 heterocycles. The number of hydrogen-bond donors (Lipinski definition) is 1. The van der Waals surface area contributed by atoms with E-state index in [4.69, 9.17) is 17.5 Å². The molecule has 1 aliphatic carbocycles. The van der Waals surface area contributed by atoms with Crippen LogP contribution in [0, 0.1) is 23.0 Å². The van der Waals surface area contributed by atoms with Crippen molar-refractivity contribution in [2.75, 3.05) is 6.54 Å². The molecular formula is C23H21F2N5OS2. The predicted molar refractivity (Wildman–Crippen MR) is 125 cm³/mol. The van der Waals surface area contributed by atoms with E-state index >= 15 is 0 Å². The van der Waals surface area contributed by atoms with Crippen LogP contribution in [0.4, 0.5) is 8.78 Å². The van der Waals surface area contributed by atoms with E-state index in [0.29, 0.717) is 15.6 Å². The molecule has 0 radical (unpaired) electrons. The SMILES string of the molecule is N#Cc1cccc(CSC(=S)N(CC(O)(Cn2cncn2)c2ccc(F)cc2F)C2CC2)c1. The topological polar surface area (TPSA) is 78.0 Å². The summed E-state index contributed by atoms with van der Waals surface area (Å²) in [7, 11) is 0. The zero-order valence-electron chi connectivity index (χ0n) is 17.6. The Morgan fingerprint density at radius 3 is 2.79 bits per heavy atom. The van der Waals surface area contributed by atoms with Crippen molar-refractivity contribution in [3.8, 4) is 6.07 Å². The molecular weight excluding hydrogens is 464 g/mol. The van der Waals surface area contributed by atoms with Crippen LogP contribution in [0.5, 0.6) is 0 Å². The zero-order chi connectivity index (χ0) is 23.4. The van der Waals surface area contributed by atoms with E-state index < -0.39 is 17.2 Å². The van der Waals surface area contributed by atoms with Gasteiger partial charge in [0.15, 0.2) is 0 Å². The Hall–Kier alpha value is -2.87. The third-order valence-corrected chi connectivity index (χ3v) is 6.94. The highest BCUT2D eigenvalue weighted by atomic mass is 32.2. The Morgan fingerprint density at radius 1 is 1.30 bits per heavy atom. The van der Waals surface area contributed by atoms with Crippen molar-refractivity contribution in [1.29, 1.82) is 5.26 Å². The maximum absolute atomic E-state index is 14.8. The Balaban J connectivity index is 1.57. The molecule has 0 spiro atoms. The smallest absolute Gasteiger partial charge is 0.137 e. The lowest BCUT2D eigenvalue weighted by Crippen LogP contribution is -2.46. The van der Waals surface area contributed by atoms with Crippen LogP contribution in [0.25, 0.3) is 0 Å². The number of thioether (sulfide) groups is 1. The standard InChI is InChI=1S/C23H21F2N5OS2/c24-18-4-7-20(21(25)9-18)23(31,12-29-15-27-14-28-29)13-30(19-5-6-19)22(32)33-11-17-3-1-2-16(8-17)10-26/h1-4,7-9,14-15,19,31H,5-6,11-13H2. The largest absolute Gasteiger partial charge is 0.381 e. The van der Waals surface area contributed by atoms with Crippen molar-refractivity contribution in [2.45, 2.75) is 36.8 Å². The molecule has 0 saturated heterocycles. The Morgan fingerprint density at radius 2 is 2.12 bits per heavy atom. The quantitative estimate of drug-likeness (QED) is 0.483. The van der Waals surface area contributed by atoms with Crippen LogP contribution in [-0.2, 0) is 17.9 Å². The van der Waals surface area contributed by atoms with Gasteiger partial charge in [0.2, 0.25) is 0 Å². The summed E-state index contributed by atoms with van der Waals surface area (Å²) in [5, 5.41) is 24.8. The fourth-order valence-electron chi connectivity index (χ4n) is 3.64. The van der Waals surface area contributed by atoms with Gasteiger partial charge < -0.3 is 10.0 Å². The molecule has 1 N–H and O–H groups in total. The molecule has 2 aromatic carbocycles. The second-order valence-electron chi connectivity index (χ2n) is 7.97. The van der Waals surface area contributed by atoms with E-state index in [2.05, 4.69) is 16.2 Å². The second kappa shape index (κ2) is 9.95. The van der Waals surface area contributed by atoms with Crippen molar-refractivity contribution in [3.05, 3.63) is 83.4 Å². The summed E-state index contributed by atoms with van der Waals surface area (Å²) in [4.78, 5) is 5.81. The van der Waals surface area contributed by atoms with Crippen molar-refractivity contribution in [3.63, 3.8) is 0 Å².